The molecule has 0 unspecified atom stereocenters. The maximum atomic E-state index is 12.2. The van der Waals surface area contributed by atoms with Crippen molar-refractivity contribution in [2.75, 3.05) is 19.3 Å². The van der Waals surface area contributed by atoms with Crippen LogP contribution in [-0.2, 0) is 4.79 Å². The molecule has 1 saturated carbocycles. The van der Waals surface area contributed by atoms with Crippen molar-refractivity contribution < 1.29 is 9.59 Å². The molecule has 0 heterocycles. The Balaban J connectivity index is 2.01. The number of para-hydroxylation sites is 1. The Hall–Kier alpha value is -2.04. The van der Waals surface area contributed by atoms with Gasteiger partial charge < -0.3 is 16.0 Å². The van der Waals surface area contributed by atoms with Crippen LogP contribution in [0.3, 0.4) is 0 Å². The van der Waals surface area contributed by atoms with Crippen molar-refractivity contribution in [1.82, 2.24) is 10.2 Å². The van der Waals surface area contributed by atoms with Gasteiger partial charge in [-0.05, 0) is 31.4 Å². The number of aryl methyl sites for hydroxylation is 1. The van der Waals surface area contributed by atoms with Crippen LogP contribution in [0.1, 0.15) is 28.8 Å². The number of nitrogens with zero attached hydrogens (tertiary/aromatic N) is 1. The van der Waals surface area contributed by atoms with Crippen molar-refractivity contribution in [3.63, 3.8) is 0 Å². The Morgan fingerprint density at radius 1 is 1.42 bits per heavy atom. The Morgan fingerprint density at radius 2 is 2.11 bits per heavy atom. The molecule has 1 aromatic carbocycles. The second-order valence-electron chi connectivity index (χ2n) is 5.04. The quantitative estimate of drug-likeness (QED) is 0.792. The number of nitrogen functional groups attached to an aromatic ring is 1. The number of benzene rings is 1. The summed E-state index contributed by atoms with van der Waals surface area (Å²) in [7, 11) is 1.61. The smallest absolute Gasteiger partial charge is 0.256 e. The molecule has 1 fully saturated rings. The number of nitrogens with one attached hydrogen (secondary N) is 1. The molecule has 0 spiro atoms. The Labute approximate surface area is 112 Å². The molecule has 1 aliphatic rings. The first-order chi connectivity index (χ1) is 8.99. The number of amides is 2. The maximum absolute atomic E-state index is 12.2. The highest BCUT2D eigenvalue weighted by Gasteiger charge is 2.25. The highest BCUT2D eigenvalue weighted by molar-refractivity contribution is 6.01. The van der Waals surface area contributed by atoms with Crippen LogP contribution in [0, 0.1) is 6.92 Å². The average molecular weight is 261 g/mol. The largest absolute Gasteiger partial charge is 0.398 e. The maximum Gasteiger partial charge on any atom is 0.256 e. The number of anilines is 1. The first-order valence-electron chi connectivity index (χ1n) is 6.39. The van der Waals surface area contributed by atoms with Gasteiger partial charge in [-0.25, -0.2) is 0 Å². The summed E-state index contributed by atoms with van der Waals surface area (Å²) in [5.41, 5.74) is 7.68. The molecule has 2 rings (SSSR count). The molecule has 0 aliphatic heterocycles. The lowest BCUT2D eigenvalue weighted by Crippen LogP contribution is -2.39. The van der Waals surface area contributed by atoms with Gasteiger partial charge >= 0.3 is 0 Å². The van der Waals surface area contributed by atoms with E-state index < -0.39 is 0 Å². The second-order valence-corrected chi connectivity index (χ2v) is 5.04. The van der Waals surface area contributed by atoms with E-state index in [1.54, 1.807) is 19.2 Å². The minimum Gasteiger partial charge on any atom is -0.398 e. The number of likely N-dealkylation sites (N-methyl/N-ethyl adjacent to an activating group) is 1. The zero-order valence-electron chi connectivity index (χ0n) is 11.3. The monoisotopic (exact) mass is 261 g/mol. The third-order valence-corrected chi connectivity index (χ3v) is 3.22. The van der Waals surface area contributed by atoms with Crippen molar-refractivity contribution >= 4 is 17.5 Å². The lowest BCUT2D eigenvalue weighted by Gasteiger charge is -2.18. The Morgan fingerprint density at radius 3 is 2.74 bits per heavy atom. The highest BCUT2D eigenvalue weighted by atomic mass is 16.2. The van der Waals surface area contributed by atoms with Crippen LogP contribution in [0.5, 0.6) is 0 Å². The highest BCUT2D eigenvalue weighted by Crippen LogP contribution is 2.19. The molecule has 2 amide bonds. The SMILES string of the molecule is Cc1cccc(C(=O)N(C)CC(=O)NC2CC2)c1N. The summed E-state index contributed by atoms with van der Waals surface area (Å²) in [6, 6.07) is 5.63. The number of hydrogen-bond donors (Lipinski definition) is 2. The van der Waals surface area contributed by atoms with Crippen molar-refractivity contribution in [3.05, 3.63) is 29.3 Å². The van der Waals surface area contributed by atoms with E-state index in [1.807, 2.05) is 13.0 Å². The fourth-order valence-corrected chi connectivity index (χ4v) is 1.86. The molecule has 5 heteroatoms. The molecule has 3 N–H and O–H groups in total. The fraction of sp³-hybridized carbons (Fsp3) is 0.429. The van der Waals surface area contributed by atoms with Gasteiger partial charge in [0.1, 0.15) is 0 Å². The van der Waals surface area contributed by atoms with Crippen LogP contribution < -0.4 is 11.1 Å². The summed E-state index contributed by atoms with van der Waals surface area (Å²) in [5, 5.41) is 2.85. The summed E-state index contributed by atoms with van der Waals surface area (Å²) in [6.45, 7) is 1.91. The van der Waals surface area contributed by atoms with Gasteiger partial charge in [-0.1, -0.05) is 12.1 Å². The molecule has 0 bridgehead atoms. The van der Waals surface area contributed by atoms with E-state index in [9.17, 15) is 9.59 Å². The van der Waals surface area contributed by atoms with Crippen LogP contribution in [0.2, 0.25) is 0 Å². The summed E-state index contributed by atoms with van der Waals surface area (Å²) < 4.78 is 0. The molecule has 5 nitrogen and oxygen atoms in total. The Kier molecular flexibility index (Phi) is 3.74. The predicted molar refractivity (Wildman–Crippen MR) is 73.7 cm³/mol. The van der Waals surface area contributed by atoms with Crippen molar-refractivity contribution in [3.8, 4) is 0 Å². The van der Waals surface area contributed by atoms with Gasteiger partial charge in [0.15, 0.2) is 0 Å². The molecular formula is C14H19N3O2. The summed E-state index contributed by atoms with van der Waals surface area (Å²) in [6.07, 6.45) is 2.07. The topological polar surface area (TPSA) is 75.4 Å². The van der Waals surface area contributed by atoms with Gasteiger partial charge in [-0.15, -0.1) is 0 Å². The molecular weight excluding hydrogens is 242 g/mol. The molecule has 0 saturated heterocycles. The molecule has 1 aromatic rings. The van der Waals surface area contributed by atoms with Crippen molar-refractivity contribution in [1.29, 1.82) is 0 Å². The molecule has 1 aliphatic carbocycles. The van der Waals surface area contributed by atoms with Gasteiger partial charge in [0, 0.05) is 18.8 Å². The van der Waals surface area contributed by atoms with Crippen LogP contribution >= 0.6 is 0 Å². The van der Waals surface area contributed by atoms with Gasteiger partial charge in [-0.2, -0.15) is 0 Å². The van der Waals surface area contributed by atoms with E-state index in [0.717, 1.165) is 18.4 Å². The van der Waals surface area contributed by atoms with Crippen LogP contribution in [-0.4, -0.2) is 36.3 Å². The van der Waals surface area contributed by atoms with Crippen LogP contribution in [0.15, 0.2) is 18.2 Å². The van der Waals surface area contributed by atoms with E-state index in [0.29, 0.717) is 17.3 Å². The van der Waals surface area contributed by atoms with E-state index >= 15 is 0 Å². The average Bonchev–Trinajstić information content (AvgIpc) is 3.15. The summed E-state index contributed by atoms with van der Waals surface area (Å²) >= 11 is 0. The minimum absolute atomic E-state index is 0.0582. The molecule has 0 atom stereocenters. The van der Waals surface area contributed by atoms with E-state index in [1.165, 1.54) is 4.90 Å². The van der Waals surface area contributed by atoms with Crippen molar-refractivity contribution in [2.45, 2.75) is 25.8 Å². The lowest BCUT2D eigenvalue weighted by molar-refractivity contribution is -0.121. The second kappa shape index (κ2) is 5.30. The van der Waals surface area contributed by atoms with E-state index in [-0.39, 0.29) is 18.4 Å². The van der Waals surface area contributed by atoms with E-state index in [4.69, 9.17) is 5.73 Å². The van der Waals surface area contributed by atoms with E-state index in [2.05, 4.69) is 5.32 Å². The minimum atomic E-state index is -0.229. The van der Waals surface area contributed by atoms with Crippen LogP contribution in [0.4, 0.5) is 5.69 Å². The van der Waals surface area contributed by atoms with Gasteiger partial charge in [0.25, 0.3) is 5.91 Å². The normalized spacial score (nSPS) is 14.0. The number of nitrogens with two attached hydrogens (primary N) is 1. The molecule has 19 heavy (non-hydrogen) atoms. The lowest BCUT2D eigenvalue weighted by atomic mass is 10.1. The first-order valence-corrected chi connectivity index (χ1v) is 6.39. The third kappa shape index (κ3) is 3.24. The molecule has 0 aromatic heterocycles. The van der Waals surface area contributed by atoms with Gasteiger partial charge in [0.05, 0.1) is 12.1 Å². The predicted octanol–water partition coefficient (Wildman–Crippen LogP) is 0.928. The zero-order chi connectivity index (χ0) is 14.0. The molecule has 0 radical (unpaired) electrons. The number of carbonyl (C=O) groups is 2. The third-order valence-electron chi connectivity index (χ3n) is 3.22. The standard InChI is InChI=1S/C14H19N3O2/c1-9-4-3-5-11(13(9)15)14(19)17(2)8-12(18)16-10-6-7-10/h3-5,10H,6-8,15H2,1-2H3,(H,16,18). The Bertz CT molecular complexity index is 509. The molecule has 102 valence electrons. The van der Waals surface area contributed by atoms with Gasteiger partial charge in [-0.3, -0.25) is 9.59 Å². The van der Waals surface area contributed by atoms with Gasteiger partial charge in [0.2, 0.25) is 5.91 Å². The number of carbonyl (C=O) groups excluding carboxylic acids is 2. The summed E-state index contributed by atoms with van der Waals surface area (Å²) in [4.78, 5) is 25.3. The van der Waals surface area contributed by atoms with Crippen molar-refractivity contribution in [2.24, 2.45) is 0 Å². The number of hydrogen-bond acceptors (Lipinski definition) is 3. The number of rotatable bonds is 4. The fourth-order valence-electron chi connectivity index (χ4n) is 1.86. The van der Waals surface area contributed by atoms with Crippen LogP contribution in [0.25, 0.3) is 0 Å². The first kappa shape index (κ1) is 13.4. The zero-order valence-corrected chi connectivity index (χ0v) is 11.3. The summed E-state index contributed by atoms with van der Waals surface area (Å²) in [5.74, 6) is -0.350.